The maximum absolute atomic E-state index is 14.7. The minimum atomic E-state index is -4.72. The molecule has 11 nitrogen and oxygen atoms in total. The fourth-order valence-corrected chi connectivity index (χ4v) is 8.26. The molecule has 0 radical (unpaired) electrons. The molecule has 3 aromatic heterocycles. The van der Waals surface area contributed by atoms with Gasteiger partial charge in [-0.2, -0.15) is 13.2 Å². The third kappa shape index (κ3) is 6.99. The number of carbonyl (C=O) groups is 1. The predicted octanol–water partition coefficient (Wildman–Crippen LogP) is 6.98. The number of hydrogen-bond donors (Lipinski definition) is 1. The van der Waals surface area contributed by atoms with Gasteiger partial charge in [-0.3, -0.25) is 19.1 Å². The van der Waals surface area contributed by atoms with Gasteiger partial charge in [0.05, 0.1) is 47.0 Å². The zero-order valence-electron chi connectivity index (χ0n) is 32.0. The highest BCUT2D eigenvalue weighted by Crippen LogP contribution is 2.41. The summed E-state index contributed by atoms with van der Waals surface area (Å²) in [4.78, 5) is 43.2. The van der Waals surface area contributed by atoms with Crippen LogP contribution in [0.25, 0.3) is 22.0 Å². The average Bonchev–Trinajstić information content (AvgIpc) is 3.75. The lowest BCUT2D eigenvalue weighted by molar-refractivity contribution is -0.138. The smallest absolute Gasteiger partial charge is 0.355 e. The van der Waals surface area contributed by atoms with E-state index in [0.717, 1.165) is 22.8 Å². The SMILES string of the molecule is Cn1c(=O)c2ccc(-c3cnc(N4CCN5C(=O)NCC5C4)nc3)cc2n1Cc1nc(COC(c2ccccc2)(c2ccccc2)c2ccccc2)ccc1C(F)(F)F. The van der Waals surface area contributed by atoms with Gasteiger partial charge in [0.25, 0.3) is 5.56 Å². The molecule has 1 atom stereocenters. The number of rotatable bonds is 10. The number of fused-ring (bicyclic) bond motifs is 2. The van der Waals surface area contributed by atoms with E-state index >= 15 is 0 Å². The Morgan fingerprint density at radius 3 is 2.02 bits per heavy atom. The summed E-state index contributed by atoms with van der Waals surface area (Å²) < 4.78 is 53.8. The van der Waals surface area contributed by atoms with Crippen molar-refractivity contribution in [1.29, 1.82) is 0 Å². The molecule has 1 unspecified atom stereocenters. The summed E-state index contributed by atoms with van der Waals surface area (Å²) in [5, 5.41) is 3.22. The van der Waals surface area contributed by atoms with Crippen molar-refractivity contribution in [2.45, 2.75) is 31.0 Å². The molecule has 2 amide bonds. The van der Waals surface area contributed by atoms with E-state index in [0.29, 0.717) is 54.2 Å². The minimum absolute atomic E-state index is 0.0451. The van der Waals surface area contributed by atoms with Crippen LogP contribution in [0.1, 0.15) is 33.6 Å². The Morgan fingerprint density at radius 1 is 0.780 bits per heavy atom. The molecule has 298 valence electrons. The van der Waals surface area contributed by atoms with E-state index in [-0.39, 0.29) is 42.2 Å². The number of ether oxygens (including phenoxy) is 1. The summed E-state index contributed by atoms with van der Waals surface area (Å²) in [6, 6.07) is 36.7. The first-order chi connectivity index (χ1) is 28.6. The van der Waals surface area contributed by atoms with Crippen LogP contribution in [0.4, 0.5) is 23.9 Å². The predicted molar refractivity (Wildman–Crippen MR) is 217 cm³/mol. The number of aromatic nitrogens is 5. The average molecular weight is 797 g/mol. The summed E-state index contributed by atoms with van der Waals surface area (Å²) in [5.74, 6) is 0.536. The van der Waals surface area contributed by atoms with E-state index in [1.807, 2.05) is 101 Å². The number of benzene rings is 4. The van der Waals surface area contributed by atoms with E-state index in [2.05, 4.69) is 20.3 Å². The zero-order valence-corrected chi connectivity index (χ0v) is 32.0. The highest BCUT2D eigenvalue weighted by Gasteiger charge is 2.39. The Kier molecular flexibility index (Phi) is 9.71. The summed E-state index contributed by atoms with van der Waals surface area (Å²) in [7, 11) is 1.53. The molecule has 2 fully saturated rings. The van der Waals surface area contributed by atoms with E-state index < -0.39 is 17.3 Å². The van der Waals surface area contributed by atoms with E-state index in [4.69, 9.17) is 4.74 Å². The monoisotopic (exact) mass is 796 g/mol. The molecule has 0 spiro atoms. The zero-order chi connectivity index (χ0) is 40.7. The molecule has 2 saturated heterocycles. The van der Waals surface area contributed by atoms with Gasteiger partial charge in [-0.1, -0.05) is 97.1 Å². The summed E-state index contributed by atoms with van der Waals surface area (Å²) in [5.41, 5.74) is 1.97. The molecule has 0 saturated carbocycles. The van der Waals surface area contributed by atoms with Crippen LogP contribution in [-0.4, -0.2) is 67.5 Å². The van der Waals surface area contributed by atoms with Gasteiger partial charge in [-0.05, 0) is 46.5 Å². The molecule has 0 bridgehead atoms. The van der Waals surface area contributed by atoms with Gasteiger partial charge in [0, 0.05) is 51.2 Å². The lowest BCUT2D eigenvalue weighted by atomic mass is 9.80. The lowest BCUT2D eigenvalue weighted by Gasteiger charge is -2.36. The van der Waals surface area contributed by atoms with Gasteiger partial charge >= 0.3 is 12.2 Å². The summed E-state index contributed by atoms with van der Waals surface area (Å²) >= 11 is 0. The highest BCUT2D eigenvalue weighted by atomic mass is 19.4. The number of amides is 2. The van der Waals surface area contributed by atoms with Crippen LogP contribution in [0, 0.1) is 0 Å². The fraction of sp³-hybridized carbons (Fsp3) is 0.222. The lowest BCUT2D eigenvalue weighted by Crippen LogP contribution is -2.52. The first kappa shape index (κ1) is 37.8. The molecule has 2 aliphatic heterocycles. The maximum Gasteiger partial charge on any atom is 0.418 e. The maximum atomic E-state index is 14.7. The van der Waals surface area contributed by atoms with Crippen molar-refractivity contribution in [3.63, 3.8) is 0 Å². The van der Waals surface area contributed by atoms with Gasteiger partial charge in [-0.25, -0.2) is 14.8 Å². The van der Waals surface area contributed by atoms with Crippen molar-refractivity contribution in [3.05, 3.63) is 178 Å². The van der Waals surface area contributed by atoms with Crippen LogP contribution >= 0.6 is 0 Å². The van der Waals surface area contributed by atoms with Crippen molar-refractivity contribution in [1.82, 2.24) is 34.5 Å². The number of carbonyl (C=O) groups excluding carboxylic acids is 1. The number of halogens is 3. The van der Waals surface area contributed by atoms with Crippen molar-refractivity contribution in [3.8, 4) is 11.1 Å². The van der Waals surface area contributed by atoms with Crippen molar-refractivity contribution in [2.75, 3.05) is 31.1 Å². The molecule has 0 aliphatic carbocycles. The first-order valence-electron chi connectivity index (χ1n) is 19.3. The second kappa shape index (κ2) is 15.2. The summed E-state index contributed by atoms with van der Waals surface area (Å²) in [6.45, 7) is 1.88. The summed E-state index contributed by atoms with van der Waals surface area (Å²) in [6.07, 6.45) is -1.34. The van der Waals surface area contributed by atoms with Crippen LogP contribution in [0.5, 0.6) is 0 Å². The number of nitrogens with zero attached hydrogens (tertiary/aromatic N) is 7. The number of piperazine rings is 1. The number of hydrogen-bond acceptors (Lipinski definition) is 7. The van der Waals surface area contributed by atoms with Gasteiger partial charge in [0.1, 0.15) is 5.60 Å². The molecule has 9 rings (SSSR count). The molecular formula is C45H39F3N8O3. The van der Waals surface area contributed by atoms with Crippen molar-refractivity contribution >= 4 is 22.9 Å². The van der Waals surface area contributed by atoms with E-state index in [1.165, 1.54) is 22.5 Å². The Balaban J connectivity index is 1.05. The number of urea groups is 1. The minimum Gasteiger partial charge on any atom is -0.355 e. The van der Waals surface area contributed by atoms with Gasteiger partial charge in [0.2, 0.25) is 5.95 Å². The molecule has 59 heavy (non-hydrogen) atoms. The van der Waals surface area contributed by atoms with Crippen LogP contribution < -0.4 is 15.8 Å². The normalized spacial score (nSPS) is 15.7. The van der Waals surface area contributed by atoms with Crippen LogP contribution in [-0.2, 0) is 36.7 Å². The quantitative estimate of drug-likeness (QED) is 0.149. The van der Waals surface area contributed by atoms with E-state index in [1.54, 1.807) is 30.6 Å². The van der Waals surface area contributed by atoms with Crippen molar-refractivity contribution < 1.29 is 22.7 Å². The Morgan fingerprint density at radius 2 is 1.41 bits per heavy atom. The number of alkyl halides is 3. The Bertz CT molecular complexity index is 2590. The number of anilines is 1. The van der Waals surface area contributed by atoms with Crippen molar-refractivity contribution in [2.24, 2.45) is 7.05 Å². The van der Waals surface area contributed by atoms with Gasteiger partial charge in [0.15, 0.2) is 0 Å². The molecule has 5 heterocycles. The van der Waals surface area contributed by atoms with Gasteiger partial charge in [-0.15, -0.1) is 0 Å². The molecule has 14 heteroatoms. The third-order valence-corrected chi connectivity index (χ3v) is 11.3. The molecule has 1 N–H and O–H groups in total. The fourth-order valence-electron chi connectivity index (χ4n) is 8.26. The first-order valence-corrected chi connectivity index (χ1v) is 19.3. The van der Waals surface area contributed by atoms with Crippen LogP contribution in [0.3, 0.4) is 0 Å². The van der Waals surface area contributed by atoms with E-state index in [9.17, 15) is 22.8 Å². The molecule has 2 aliphatic rings. The second-order valence-corrected chi connectivity index (χ2v) is 14.7. The number of pyridine rings is 1. The highest BCUT2D eigenvalue weighted by molar-refractivity contribution is 5.84. The number of nitrogens with one attached hydrogen (secondary N) is 1. The standard InChI is InChI=1S/C45H39F3N8O3/c1-53-41(57)37-19-17-30(31-24-49-42(50-25-31)54-21-22-55-36(27-54)26-51-43(55)58)23-40(37)56(53)28-39-38(45(46,47)48)20-18-35(52-39)29-59-44(32-11-5-2-6-12-32,33-13-7-3-8-14-33)34-15-9-4-10-16-34/h2-20,23-25,36H,21-22,26-29H2,1H3,(H,51,58). The van der Waals surface area contributed by atoms with Crippen LogP contribution in [0.15, 0.2) is 139 Å². The molecule has 4 aromatic carbocycles. The Hall–Kier alpha value is -6.80. The van der Waals surface area contributed by atoms with Crippen LogP contribution in [0.2, 0.25) is 0 Å². The van der Waals surface area contributed by atoms with Gasteiger partial charge < -0.3 is 19.9 Å². The molecular weight excluding hydrogens is 758 g/mol. The second-order valence-electron chi connectivity index (χ2n) is 14.7. The topological polar surface area (TPSA) is 110 Å². The largest absolute Gasteiger partial charge is 0.418 e. The Labute approximate surface area is 337 Å². The third-order valence-electron chi connectivity index (χ3n) is 11.3. The molecule has 7 aromatic rings.